The zero-order valence-corrected chi connectivity index (χ0v) is 16.3. The molecule has 0 aliphatic carbocycles. The number of hydrogen-bond donors (Lipinski definition) is 1. The molecule has 0 saturated carbocycles. The second-order valence-electron chi connectivity index (χ2n) is 5.79. The van der Waals surface area contributed by atoms with E-state index in [2.05, 4.69) is 10.3 Å². The number of carbonyl (C=O) groups is 2. The Morgan fingerprint density at radius 2 is 2.04 bits per heavy atom. The number of halogens is 1. The molecule has 8 heteroatoms. The summed E-state index contributed by atoms with van der Waals surface area (Å²) in [5, 5.41) is 3.97. The average molecular weight is 405 g/mol. The number of benzene rings is 1. The summed E-state index contributed by atoms with van der Waals surface area (Å²) in [6.07, 6.45) is 0.587. The number of ether oxygens (including phenoxy) is 1. The molecule has 0 fully saturated rings. The first-order valence-electron chi connectivity index (χ1n) is 8.18. The van der Waals surface area contributed by atoms with E-state index in [1.165, 1.54) is 24.5 Å². The molecule has 0 bridgehead atoms. The Hall–Kier alpha value is -2.64. The Morgan fingerprint density at radius 1 is 1.30 bits per heavy atom. The largest absolute Gasteiger partial charge is 0.467 e. The minimum absolute atomic E-state index is 0.230. The molecule has 0 saturated heterocycles. The van der Waals surface area contributed by atoms with E-state index in [0.717, 1.165) is 5.56 Å². The van der Waals surface area contributed by atoms with Crippen LogP contribution in [0.4, 0.5) is 0 Å². The van der Waals surface area contributed by atoms with E-state index >= 15 is 0 Å². The van der Waals surface area contributed by atoms with Gasteiger partial charge in [0.1, 0.15) is 15.6 Å². The Kier molecular flexibility index (Phi) is 5.93. The molecule has 2 aromatic heterocycles. The van der Waals surface area contributed by atoms with Gasteiger partial charge in [0.2, 0.25) is 0 Å². The zero-order chi connectivity index (χ0) is 19.4. The molecule has 1 amide bonds. The van der Waals surface area contributed by atoms with Crippen molar-refractivity contribution in [3.8, 4) is 10.6 Å². The predicted octanol–water partition coefficient (Wildman–Crippen LogP) is 4.23. The summed E-state index contributed by atoms with van der Waals surface area (Å²) in [5.41, 5.74) is 1.41. The van der Waals surface area contributed by atoms with Gasteiger partial charge in [0, 0.05) is 10.6 Å². The number of aryl methyl sites for hydroxylation is 1. The first-order valence-corrected chi connectivity index (χ1v) is 9.38. The van der Waals surface area contributed by atoms with Crippen LogP contribution in [0.2, 0.25) is 5.02 Å². The lowest BCUT2D eigenvalue weighted by Crippen LogP contribution is -2.35. The Bertz CT molecular complexity index is 935. The van der Waals surface area contributed by atoms with E-state index in [1.807, 2.05) is 12.1 Å². The highest BCUT2D eigenvalue weighted by molar-refractivity contribution is 7.17. The van der Waals surface area contributed by atoms with Crippen molar-refractivity contribution in [3.63, 3.8) is 0 Å². The van der Waals surface area contributed by atoms with Gasteiger partial charge in [-0.1, -0.05) is 23.7 Å². The van der Waals surface area contributed by atoms with Crippen LogP contribution in [-0.2, 0) is 16.1 Å². The smallest absolute Gasteiger partial charge is 0.351 e. The van der Waals surface area contributed by atoms with Gasteiger partial charge in [-0.3, -0.25) is 4.79 Å². The molecule has 1 atom stereocenters. The predicted molar refractivity (Wildman–Crippen MR) is 103 cm³/mol. The lowest BCUT2D eigenvalue weighted by molar-refractivity contribution is -0.129. The molecule has 1 aromatic carbocycles. The highest BCUT2D eigenvalue weighted by atomic mass is 35.5. The second kappa shape index (κ2) is 8.37. The minimum Gasteiger partial charge on any atom is -0.467 e. The highest BCUT2D eigenvalue weighted by Gasteiger charge is 2.23. The van der Waals surface area contributed by atoms with Gasteiger partial charge in [-0.25, -0.2) is 9.78 Å². The van der Waals surface area contributed by atoms with E-state index < -0.39 is 18.0 Å². The maximum Gasteiger partial charge on any atom is 0.351 e. The normalized spacial score (nSPS) is 11.8. The Morgan fingerprint density at radius 3 is 2.70 bits per heavy atom. The van der Waals surface area contributed by atoms with E-state index in [-0.39, 0.29) is 6.54 Å². The van der Waals surface area contributed by atoms with Crippen LogP contribution in [0.25, 0.3) is 10.6 Å². The van der Waals surface area contributed by atoms with E-state index in [4.69, 9.17) is 20.8 Å². The number of rotatable bonds is 6. The molecule has 140 valence electrons. The maximum absolute atomic E-state index is 12.4. The molecule has 1 N–H and O–H groups in total. The maximum atomic E-state index is 12.4. The molecule has 27 heavy (non-hydrogen) atoms. The molecule has 0 radical (unpaired) electrons. The monoisotopic (exact) mass is 404 g/mol. The van der Waals surface area contributed by atoms with Crippen molar-refractivity contribution in [3.05, 3.63) is 64.0 Å². The van der Waals surface area contributed by atoms with Crippen LogP contribution in [-0.4, -0.2) is 23.0 Å². The molecule has 1 unspecified atom stereocenters. The van der Waals surface area contributed by atoms with Crippen molar-refractivity contribution in [2.75, 3.05) is 0 Å². The topological polar surface area (TPSA) is 81.4 Å². The third-order valence-electron chi connectivity index (χ3n) is 3.74. The number of amides is 1. The lowest BCUT2D eigenvalue weighted by Gasteiger charge is -2.12. The van der Waals surface area contributed by atoms with E-state index in [9.17, 15) is 9.59 Å². The highest BCUT2D eigenvalue weighted by Crippen LogP contribution is 2.29. The van der Waals surface area contributed by atoms with Crippen LogP contribution in [0.3, 0.4) is 0 Å². The molecule has 3 rings (SSSR count). The van der Waals surface area contributed by atoms with Crippen molar-refractivity contribution < 1.29 is 18.7 Å². The quantitative estimate of drug-likeness (QED) is 0.622. The van der Waals surface area contributed by atoms with Crippen LogP contribution in [0.5, 0.6) is 0 Å². The number of carbonyl (C=O) groups excluding carboxylic acids is 2. The van der Waals surface area contributed by atoms with Crippen LogP contribution in [0, 0.1) is 6.92 Å². The summed E-state index contributed by atoms with van der Waals surface area (Å²) in [4.78, 5) is 29.3. The van der Waals surface area contributed by atoms with Crippen molar-refractivity contribution in [1.82, 2.24) is 10.3 Å². The van der Waals surface area contributed by atoms with Gasteiger partial charge in [0.15, 0.2) is 6.10 Å². The molecule has 0 aliphatic rings. The number of nitrogens with zero attached hydrogens (tertiary/aromatic N) is 1. The summed E-state index contributed by atoms with van der Waals surface area (Å²) in [5.74, 6) is -0.363. The third kappa shape index (κ3) is 4.75. The van der Waals surface area contributed by atoms with E-state index in [0.29, 0.717) is 26.4 Å². The van der Waals surface area contributed by atoms with E-state index in [1.54, 1.807) is 31.2 Å². The summed E-state index contributed by atoms with van der Waals surface area (Å²) >= 11 is 7.11. The second-order valence-corrected chi connectivity index (χ2v) is 7.22. The number of nitrogens with one attached hydrogen (secondary N) is 1. The first-order chi connectivity index (χ1) is 12.9. The number of furan rings is 1. The van der Waals surface area contributed by atoms with Gasteiger partial charge >= 0.3 is 5.97 Å². The molecule has 3 aromatic rings. The van der Waals surface area contributed by atoms with Gasteiger partial charge in [-0.2, -0.15) is 0 Å². The molecule has 0 aliphatic heterocycles. The number of aromatic nitrogens is 1. The summed E-state index contributed by atoms with van der Waals surface area (Å²) in [6.45, 7) is 3.48. The van der Waals surface area contributed by atoms with Gasteiger partial charge in [0.05, 0.1) is 18.5 Å². The van der Waals surface area contributed by atoms with Crippen LogP contribution in [0.15, 0.2) is 47.1 Å². The molecule has 6 nitrogen and oxygen atoms in total. The summed E-state index contributed by atoms with van der Waals surface area (Å²) in [6, 6.07) is 10.7. The fourth-order valence-electron chi connectivity index (χ4n) is 2.30. The number of hydrogen-bond acceptors (Lipinski definition) is 6. The average Bonchev–Trinajstić information content (AvgIpc) is 3.29. The zero-order valence-electron chi connectivity index (χ0n) is 14.7. The number of esters is 1. The first kappa shape index (κ1) is 19.1. The van der Waals surface area contributed by atoms with Crippen LogP contribution < -0.4 is 5.32 Å². The van der Waals surface area contributed by atoms with Crippen molar-refractivity contribution in [2.45, 2.75) is 26.5 Å². The van der Waals surface area contributed by atoms with Crippen molar-refractivity contribution in [1.29, 1.82) is 0 Å². The fourth-order valence-corrected chi connectivity index (χ4v) is 3.38. The SMILES string of the molecule is Cc1nc(-c2ccc(Cl)cc2)sc1C(=O)OC(C)C(=O)NCc1ccco1. The summed E-state index contributed by atoms with van der Waals surface area (Å²) < 4.78 is 10.4. The molecular formula is C19H17ClN2O4S. The van der Waals surface area contributed by atoms with Crippen LogP contribution in [0.1, 0.15) is 28.0 Å². The Balaban J connectivity index is 1.63. The Labute approximate surface area is 165 Å². The molecule has 0 spiro atoms. The minimum atomic E-state index is -0.937. The molecule has 2 heterocycles. The van der Waals surface area contributed by atoms with Gasteiger partial charge < -0.3 is 14.5 Å². The van der Waals surface area contributed by atoms with Crippen LogP contribution >= 0.6 is 22.9 Å². The standard InChI is InChI=1S/C19H17ClN2O4S/c1-11-16(27-18(22-11)13-5-7-14(20)8-6-13)19(24)26-12(2)17(23)21-10-15-4-3-9-25-15/h3-9,12H,10H2,1-2H3,(H,21,23). The van der Waals surface area contributed by atoms with Gasteiger partial charge in [0.25, 0.3) is 5.91 Å². The van der Waals surface area contributed by atoms with Crippen molar-refractivity contribution in [2.24, 2.45) is 0 Å². The third-order valence-corrected chi connectivity index (χ3v) is 5.18. The van der Waals surface area contributed by atoms with Gasteiger partial charge in [-0.05, 0) is 38.1 Å². The van der Waals surface area contributed by atoms with Crippen molar-refractivity contribution >= 4 is 34.8 Å². The summed E-state index contributed by atoms with van der Waals surface area (Å²) in [7, 11) is 0. The van der Waals surface area contributed by atoms with Gasteiger partial charge in [-0.15, -0.1) is 11.3 Å². The molecular weight excluding hydrogens is 388 g/mol. The number of thiazole rings is 1. The lowest BCUT2D eigenvalue weighted by atomic mass is 10.2. The fraction of sp³-hybridized carbons (Fsp3) is 0.211.